The van der Waals surface area contributed by atoms with Crippen LogP contribution in [0.5, 0.6) is 11.5 Å². The van der Waals surface area contributed by atoms with E-state index in [0.29, 0.717) is 17.9 Å². The number of carbonyl (C=O) groups is 1. The molecule has 3 aliphatic rings. The molecule has 0 bridgehead atoms. The van der Waals surface area contributed by atoms with Gasteiger partial charge in [0.25, 0.3) is 0 Å². The Balaban J connectivity index is 1.12. The number of nitrogens with one attached hydrogen (secondary N) is 2. The summed E-state index contributed by atoms with van der Waals surface area (Å²) in [7, 11) is 0. The fraction of sp³-hybridized carbons (Fsp3) is 0.269. The third-order valence-electron chi connectivity index (χ3n) is 6.31. The van der Waals surface area contributed by atoms with Gasteiger partial charge in [-0.15, -0.1) is 0 Å². The molecule has 5 N–H and O–H groups in total. The van der Waals surface area contributed by atoms with Gasteiger partial charge in [0.2, 0.25) is 5.91 Å². The van der Waals surface area contributed by atoms with Gasteiger partial charge < -0.3 is 26.0 Å². The second-order valence-corrected chi connectivity index (χ2v) is 8.86. The summed E-state index contributed by atoms with van der Waals surface area (Å²) >= 11 is 0. The SMILES string of the molecule is C[C@H](Cc1cccc(CC(=O)NC2=C3C=C4C=C2C43)c1)NC[C@H](O)c1cc(O)cc(O)c1. The van der Waals surface area contributed by atoms with Gasteiger partial charge >= 0.3 is 0 Å². The molecule has 0 heterocycles. The molecule has 0 aromatic heterocycles. The van der Waals surface area contributed by atoms with Crippen molar-refractivity contribution in [2.45, 2.75) is 31.9 Å². The minimum absolute atomic E-state index is 0.00131. The van der Waals surface area contributed by atoms with Crippen LogP contribution < -0.4 is 10.6 Å². The van der Waals surface area contributed by atoms with Crippen molar-refractivity contribution in [1.82, 2.24) is 10.6 Å². The van der Waals surface area contributed by atoms with Crippen LogP contribution in [0.2, 0.25) is 0 Å². The minimum Gasteiger partial charge on any atom is -0.508 e. The summed E-state index contributed by atoms with van der Waals surface area (Å²) in [5, 5.41) is 35.8. The molecule has 0 aliphatic heterocycles. The quantitative estimate of drug-likeness (QED) is 0.421. The van der Waals surface area contributed by atoms with Gasteiger partial charge in [-0.3, -0.25) is 4.79 Å². The van der Waals surface area contributed by atoms with E-state index in [1.54, 1.807) is 0 Å². The molecule has 1 unspecified atom stereocenters. The van der Waals surface area contributed by atoms with E-state index >= 15 is 0 Å². The van der Waals surface area contributed by atoms with Crippen LogP contribution >= 0.6 is 0 Å². The normalized spacial score (nSPS) is 19.5. The molecule has 0 saturated carbocycles. The number of phenols is 2. The highest BCUT2D eigenvalue weighted by molar-refractivity contribution is 5.87. The lowest BCUT2D eigenvalue weighted by Crippen LogP contribution is -2.44. The molecular weight excluding hydrogens is 404 g/mol. The van der Waals surface area contributed by atoms with Crippen LogP contribution in [-0.4, -0.2) is 33.8 Å². The molecule has 5 rings (SSSR count). The van der Waals surface area contributed by atoms with Gasteiger partial charge in [-0.1, -0.05) is 36.4 Å². The lowest BCUT2D eigenvalue weighted by Gasteiger charge is -2.50. The topological polar surface area (TPSA) is 102 Å². The van der Waals surface area contributed by atoms with Crippen molar-refractivity contribution in [3.05, 3.63) is 93.7 Å². The fourth-order valence-electron chi connectivity index (χ4n) is 4.64. The molecular formula is C26H26N2O4. The standard InChI is InChI=1S/C26H26N2O4/c1-14(27-13-23(31)17-8-19(29)12-20(30)9-17)5-15-3-2-4-16(6-15)7-24(32)28-26-21-10-18-11-22(26)25(18)21/h2-4,6,8-12,14,23,25,27,29-31H,5,7,13H2,1H3,(H,28,32)/t14-,23+/m1/s1. The van der Waals surface area contributed by atoms with Gasteiger partial charge in [0.15, 0.2) is 0 Å². The van der Waals surface area contributed by atoms with E-state index in [2.05, 4.69) is 22.8 Å². The Morgan fingerprint density at radius 1 is 1.06 bits per heavy atom. The first kappa shape index (κ1) is 20.5. The molecule has 2 aromatic rings. The highest BCUT2D eigenvalue weighted by Gasteiger charge is 2.48. The zero-order chi connectivity index (χ0) is 22.4. The molecule has 3 atom stereocenters. The van der Waals surface area contributed by atoms with Crippen LogP contribution in [0.3, 0.4) is 0 Å². The first-order chi connectivity index (χ1) is 15.4. The van der Waals surface area contributed by atoms with Crippen molar-refractivity contribution in [1.29, 1.82) is 0 Å². The van der Waals surface area contributed by atoms with Crippen molar-refractivity contribution in [3.63, 3.8) is 0 Å². The third kappa shape index (κ3) is 3.83. The summed E-state index contributed by atoms with van der Waals surface area (Å²) < 4.78 is 0. The maximum Gasteiger partial charge on any atom is 0.228 e. The monoisotopic (exact) mass is 430 g/mol. The molecule has 0 fully saturated rings. The molecule has 2 aromatic carbocycles. The van der Waals surface area contributed by atoms with Gasteiger partial charge in [0.1, 0.15) is 11.5 Å². The molecule has 164 valence electrons. The van der Waals surface area contributed by atoms with Crippen LogP contribution in [0.25, 0.3) is 0 Å². The van der Waals surface area contributed by atoms with E-state index in [4.69, 9.17) is 0 Å². The van der Waals surface area contributed by atoms with E-state index < -0.39 is 6.10 Å². The van der Waals surface area contributed by atoms with Crippen molar-refractivity contribution in [2.75, 3.05) is 6.54 Å². The largest absolute Gasteiger partial charge is 0.508 e. The number of aliphatic hydroxyl groups excluding tert-OH is 1. The van der Waals surface area contributed by atoms with Crippen LogP contribution in [0.1, 0.15) is 29.7 Å². The van der Waals surface area contributed by atoms with E-state index in [1.807, 2.05) is 31.2 Å². The number of benzene rings is 2. The highest BCUT2D eigenvalue weighted by Crippen LogP contribution is 2.59. The van der Waals surface area contributed by atoms with Crippen molar-refractivity contribution < 1.29 is 20.1 Å². The van der Waals surface area contributed by atoms with Gasteiger partial charge in [-0.25, -0.2) is 0 Å². The first-order valence-corrected chi connectivity index (χ1v) is 10.9. The Hall–Kier alpha value is -3.35. The van der Waals surface area contributed by atoms with Crippen molar-refractivity contribution >= 4 is 5.91 Å². The number of aliphatic hydroxyl groups is 1. The van der Waals surface area contributed by atoms with Crippen LogP contribution in [0.15, 0.2) is 77.0 Å². The average molecular weight is 431 g/mol. The van der Waals surface area contributed by atoms with E-state index in [-0.39, 0.29) is 30.0 Å². The Morgan fingerprint density at radius 3 is 2.47 bits per heavy atom. The smallest absolute Gasteiger partial charge is 0.228 e. The Morgan fingerprint density at radius 2 is 1.81 bits per heavy atom. The molecule has 3 aliphatic carbocycles. The Labute approximate surface area is 186 Å². The van der Waals surface area contributed by atoms with Crippen LogP contribution in [0, 0.1) is 5.92 Å². The lowest BCUT2D eigenvalue weighted by atomic mass is 9.56. The minimum atomic E-state index is -0.848. The Kier molecular flexibility index (Phi) is 5.12. The van der Waals surface area contributed by atoms with Gasteiger partial charge in [0.05, 0.1) is 12.5 Å². The number of hydrogen-bond acceptors (Lipinski definition) is 5. The summed E-state index contributed by atoms with van der Waals surface area (Å²) in [5.74, 6) is 0.363. The second kappa shape index (κ2) is 7.97. The molecule has 6 nitrogen and oxygen atoms in total. The van der Waals surface area contributed by atoms with E-state index in [0.717, 1.165) is 23.2 Å². The summed E-state index contributed by atoms with van der Waals surface area (Å²) in [6.07, 6.45) is 4.51. The summed E-state index contributed by atoms with van der Waals surface area (Å²) in [6, 6.07) is 12.2. The molecule has 6 heteroatoms. The highest BCUT2D eigenvalue weighted by atomic mass is 16.3. The number of carbonyl (C=O) groups excluding carboxylic acids is 1. The summed E-state index contributed by atoms with van der Waals surface area (Å²) in [4.78, 5) is 12.5. The predicted molar refractivity (Wildman–Crippen MR) is 121 cm³/mol. The number of hydrogen-bond donors (Lipinski definition) is 5. The fourth-order valence-corrected chi connectivity index (χ4v) is 4.64. The van der Waals surface area contributed by atoms with Gasteiger partial charge in [-0.05, 0) is 58.9 Å². The summed E-state index contributed by atoms with van der Waals surface area (Å²) in [5.41, 5.74) is 7.45. The zero-order valence-corrected chi connectivity index (χ0v) is 17.8. The number of rotatable bonds is 9. The van der Waals surface area contributed by atoms with Crippen molar-refractivity contribution in [2.24, 2.45) is 5.92 Å². The zero-order valence-electron chi connectivity index (χ0n) is 17.8. The molecule has 0 radical (unpaired) electrons. The Bertz CT molecular complexity index is 1170. The summed E-state index contributed by atoms with van der Waals surface area (Å²) in [6.45, 7) is 2.32. The van der Waals surface area contributed by atoms with Crippen molar-refractivity contribution in [3.8, 4) is 11.5 Å². The molecule has 0 saturated heterocycles. The lowest BCUT2D eigenvalue weighted by molar-refractivity contribution is -0.119. The molecule has 0 spiro atoms. The van der Waals surface area contributed by atoms with E-state index in [9.17, 15) is 20.1 Å². The molecule has 32 heavy (non-hydrogen) atoms. The predicted octanol–water partition coefficient (Wildman–Crippen LogP) is 2.77. The molecule has 1 amide bonds. The van der Waals surface area contributed by atoms with Gasteiger partial charge in [0, 0.05) is 30.3 Å². The number of allylic oxidation sites excluding steroid dienone is 5. The number of phenolic OH excluding ortho intramolecular Hbond substituents is 2. The third-order valence-corrected chi connectivity index (χ3v) is 6.31. The van der Waals surface area contributed by atoms with Crippen LogP contribution in [-0.2, 0) is 17.6 Å². The number of amides is 1. The average Bonchev–Trinajstić information content (AvgIpc) is 2.72. The van der Waals surface area contributed by atoms with Gasteiger partial charge in [-0.2, -0.15) is 0 Å². The first-order valence-electron chi connectivity index (χ1n) is 10.9. The maximum atomic E-state index is 12.5. The second-order valence-electron chi connectivity index (χ2n) is 8.86. The van der Waals surface area contributed by atoms with E-state index in [1.165, 1.54) is 34.9 Å². The maximum absolute atomic E-state index is 12.5. The van der Waals surface area contributed by atoms with Crippen LogP contribution in [0.4, 0.5) is 0 Å². The number of aromatic hydroxyl groups is 2.